The molecule has 1 aromatic heterocycles. The standard InChI is InChI=1S/C12H19Cl2N3S/c1-4-8(7-18-3)16-12-10(14)6-9(13)11(17-12)15-5-2/h6,8H,4-5,7H2,1-3H3,(H2,15,16,17). The topological polar surface area (TPSA) is 37.0 Å². The van der Waals surface area contributed by atoms with Gasteiger partial charge in [-0.05, 0) is 25.7 Å². The Labute approximate surface area is 123 Å². The molecular weight excluding hydrogens is 289 g/mol. The van der Waals surface area contributed by atoms with Crippen LogP contribution in [0, 0.1) is 0 Å². The molecule has 18 heavy (non-hydrogen) atoms. The van der Waals surface area contributed by atoms with E-state index in [-0.39, 0.29) is 0 Å². The van der Waals surface area contributed by atoms with Crippen molar-refractivity contribution in [3.8, 4) is 0 Å². The van der Waals surface area contributed by atoms with Crippen molar-refractivity contribution in [1.29, 1.82) is 0 Å². The van der Waals surface area contributed by atoms with E-state index in [1.165, 1.54) is 0 Å². The summed E-state index contributed by atoms with van der Waals surface area (Å²) < 4.78 is 0. The van der Waals surface area contributed by atoms with Crippen molar-refractivity contribution in [3.63, 3.8) is 0 Å². The molecule has 1 unspecified atom stereocenters. The van der Waals surface area contributed by atoms with Crippen molar-refractivity contribution in [3.05, 3.63) is 16.1 Å². The van der Waals surface area contributed by atoms with E-state index in [4.69, 9.17) is 23.2 Å². The molecule has 6 heteroatoms. The quantitative estimate of drug-likeness (QED) is 0.784. The molecule has 0 aromatic carbocycles. The molecule has 0 aliphatic carbocycles. The number of anilines is 2. The summed E-state index contributed by atoms with van der Waals surface area (Å²) in [6.07, 6.45) is 3.11. The molecule has 1 aromatic rings. The predicted octanol–water partition coefficient (Wildman–Crippen LogP) is 4.37. The van der Waals surface area contributed by atoms with Crippen LogP contribution in [0.5, 0.6) is 0 Å². The minimum absolute atomic E-state index is 0.362. The number of thioether (sulfide) groups is 1. The van der Waals surface area contributed by atoms with Gasteiger partial charge < -0.3 is 10.6 Å². The predicted molar refractivity (Wildman–Crippen MR) is 84.5 cm³/mol. The Balaban J connectivity index is 2.89. The van der Waals surface area contributed by atoms with E-state index < -0.39 is 0 Å². The van der Waals surface area contributed by atoms with Gasteiger partial charge in [0.15, 0.2) is 0 Å². The normalized spacial score (nSPS) is 12.3. The van der Waals surface area contributed by atoms with E-state index in [1.54, 1.807) is 17.8 Å². The van der Waals surface area contributed by atoms with Gasteiger partial charge in [0.05, 0.1) is 10.0 Å². The fraction of sp³-hybridized carbons (Fsp3) is 0.583. The Morgan fingerprint density at radius 2 is 1.94 bits per heavy atom. The maximum Gasteiger partial charge on any atom is 0.147 e. The lowest BCUT2D eigenvalue weighted by molar-refractivity contribution is 0.770. The van der Waals surface area contributed by atoms with Gasteiger partial charge in [0.1, 0.15) is 11.6 Å². The van der Waals surface area contributed by atoms with Gasteiger partial charge in [-0.25, -0.2) is 4.98 Å². The molecule has 0 bridgehead atoms. The third-order valence-corrected chi connectivity index (χ3v) is 3.79. The Hall–Kier alpha value is -0.320. The van der Waals surface area contributed by atoms with Crippen LogP contribution >= 0.6 is 35.0 Å². The van der Waals surface area contributed by atoms with Crippen molar-refractivity contribution in [2.45, 2.75) is 26.3 Å². The maximum atomic E-state index is 6.16. The first-order chi connectivity index (χ1) is 8.62. The first-order valence-corrected chi connectivity index (χ1v) is 8.12. The summed E-state index contributed by atoms with van der Waals surface area (Å²) in [5, 5.41) is 7.58. The molecule has 3 nitrogen and oxygen atoms in total. The van der Waals surface area contributed by atoms with Gasteiger partial charge in [0.25, 0.3) is 0 Å². The second-order valence-corrected chi connectivity index (χ2v) is 5.61. The van der Waals surface area contributed by atoms with Crippen molar-refractivity contribution in [2.24, 2.45) is 0 Å². The van der Waals surface area contributed by atoms with E-state index in [1.807, 2.05) is 6.92 Å². The molecule has 0 saturated heterocycles. The molecule has 0 radical (unpaired) electrons. The van der Waals surface area contributed by atoms with Crippen LogP contribution < -0.4 is 10.6 Å². The van der Waals surface area contributed by atoms with Gasteiger partial charge in [-0.3, -0.25) is 0 Å². The number of halogens is 2. The highest BCUT2D eigenvalue weighted by atomic mass is 35.5. The lowest BCUT2D eigenvalue weighted by Crippen LogP contribution is -2.22. The molecule has 102 valence electrons. The Morgan fingerprint density at radius 1 is 1.28 bits per heavy atom. The molecule has 0 fully saturated rings. The number of aromatic nitrogens is 1. The summed E-state index contributed by atoms with van der Waals surface area (Å²) in [4.78, 5) is 4.44. The minimum Gasteiger partial charge on any atom is -0.369 e. The molecule has 1 rings (SSSR count). The average Bonchev–Trinajstić information content (AvgIpc) is 2.34. The minimum atomic E-state index is 0.362. The van der Waals surface area contributed by atoms with Crippen LogP contribution in [0.25, 0.3) is 0 Å². The van der Waals surface area contributed by atoms with Gasteiger partial charge in [-0.1, -0.05) is 30.1 Å². The van der Waals surface area contributed by atoms with E-state index in [0.717, 1.165) is 18.7 Å². The van der Waals surface area contributed by atoms with E-state index in [2.05, 4.69) is 28.8 Å². The molecule has 0 aliphatic heterocycles. The Bertz CT molecular complexity index is 388. The molecule has 0 amide bonds. The van der Waals surface area contributed by atoms with Gasteiger partial charge in [-0.15, -0.1) is 0 Å². The molecule has 2 N–H and O–H groups in total. The summed E-state index contributed by atoms with van der Waals surface area (Å²) in [7, 11) is 0. The maximum absolute atomic E-state index is 6.16. The SMILES string of the molecule is CCNc1nc(NC(CC)CSC)c(Cl)cc1Cl. The van der Waals surface area contributed by atoms with Crippen LogP contribution in [0.4, 0.5) is 11.6 Å². The molecule has 0 aliphatic rings. The first-order valence-electron chi connectivity index (χ1n) is 5.97. The monoisotopic (exact) mass is 307 g/mol. The zero-order chi connectivity index (χ0) is 13.5. The third-order valence-electron chi connectivity index (χ3n) is 2.48. The fourth-order valence-corrected chi connectivity index (χ4v) is 2.72. The fourth-order valence-electron chi connectivity index (χ4n) is 1.52. The molecule has 1 atom stereocenters. The zero-order valence-electron chi connectivity index (χ0n) is 10.9. The highest BCUT2D eigenvalue weighted by Gasteiger charge is 2.12. The summed E-state index contributed by atoms with van der Waals surface area (Å²) in [5.41, 5.74) is 0. The molecule has 0 saturated carbocycles. The Kier molecular flexibility index (Phi) is 6.97. The van der Waals surface area contributed by atoms with Gasteiger partial charge >= 0.3 is 0 Å². The summed E-state index contributed by atoms with van der Waals surface area (Å²) in [6.45, 7) is 4.92. The van der Waals surface area contributed by atoms with Crippen LogP contribution in [0.15, 0.2) is 6.07 Å². The average molecular weight is 308 g/mol. The Morgan fingerprint density at radius 3 is 2.50 bits per heavy atom. The van der Waals surface area contributed by atoms with Crippen LogP contribution in [-0.4, -0.2) is 29.6 Å². The number of nitrogens with one attached hydrogen (secondary N) is 2. The third kappa shape index (κ3) is 4.41. The number of pyridine rings is 1. The lowest BCUT2D eigenvalue weighted by atomic mass is 10.2. The van der Waals surface area contributed by atoms with Gasteiger partial charge in [0, 0.05) is 18.3 Å². The van der Waals surface area contributed by atoms with Crippen LogP contribution in [-0.2, 0) is 0 Å². The first kappa shape index (κ1) is 15.7. The number of rotatable bonds is 7. The number of hydrogen-bond acceptors (Lipinski definition) is 4. The second-order valence-electron chi connectivity index (χ2n) is 3.88. The van der Waals surface area contributed by atoms with Crippen LogP contribution in [0.3, 0.4) is 0 Å². The molecule has 1 heterocycles. The van der Waals surface area contributed by atoms with Gasteiger partial charge in [-0.2, -0.15) is 11.8 Å². The van der Waals surface area contributed by atoms with Crippen molar-refractivity contribution in [1.82, 2.24) is 4.98 Å². The summed E-state index contributed by atoms with van der Waals surface area (Å²) in [6, 6.07) is 2.09. The largest absolute Gasteiger partial charge is 0.369 e. The van der Waals surface area contributed by atoms with Crippen LogP contribution in [0.1, 0.15) is 20.3 Å². The zero-order valence-corrected chi connectivity index (χ0v) is 13.2. The van der Waals surface area contributed by atoms with Gasteiger partial charge in [0.2, 0.25) is 0 Å². The van der Waals surface area contributed by atoms with Crippen LogP contribution in [0.2, 0.25) is 10.0 Å². The smallest absolute Gasteiger partial charge is 0.147 e. The highest BCUT2D eigenvalue weighted by molar-refractivity contribution is 7.98. The van der Waals surface area contributed by atoms with E-state index in [0.29, 0.717) is 27.7 Å². The van der Waals surface area contributed by atoms with E-state index in [9.17, 15) is 0 Å². The van der Waals surface area contributed by atoms with E-state index >= 15 is 0 Å². The second kappa shape index (κ2) is 7.97. The molecular formula is C12H19Cl2N3S. The van der Waals surface area contributed by atoms with Crippen molar-refractivity contribution < 1.29 is 0 Å². The summed E-state index contributed by atoms with van der Waals surface area (Å²) in [5.74, 6) is 2.39. The van der Waals surface area contributed by atoms with Crippen molar-refractivity contribution in [2.75, 3.05) is 29.2 Å². The number of nitrogens with zero attached hydrogens (tertiary/aromatic N) is 1. The van der Waals surface area contributed by atoms with Crippen molar-refractivity contribution >= 4 is 46.6 Å². The molecule has 0 spiro atoms. The number of hydrogen-bond donors (Lipinski definition) is 2. The summed E-state index contributed by atoms with van der Waals surface area (Å²) >= 11 is 14.0. The highest BCUT2D eigenvalue weighted by Crippen LogP contribution is 2.29. The lowest BCUT2D eigenvalue weighted by Gasteiger charge is -2.18.